The highest BCUT2D eigenvalue weighted by atomic mass is 16.6. The van der Waals surface area contributed by atoms with Gasteiger partial charge in [-0.05, 0) is 35.9 Å². The lowest BCUT2D eigenvalue weighted by atomic mass is 10.2. The van der Waals surface area contributed by atoms with Gasteiger partial charge in [-0.1, -0.05) is 30.3 Å². The number of benzene rings is 2. The second-order valence-corrected chi connectivity index (χ2v) is 4.37. The number of nitrogens with zero attached hydrogens (tertiary/aromatic N) is 1. The summed E-state index contributed by atoms with van der Waals surface area (Å²) in [5.41, 5.74) is 8.20. The van der Waals surface area contributed by atoms with Gasteiger partial charge in [-0.2, -0.15) is 0 Å². The number of cyclic esters (lactones) is 1. The fourth-order valence-electron chi connectivity index (χ4n) is 1.92. The van der Waals surface area contributed by atoms with Crippen molar-refractivity contribution in [2.75, 3.05) is 5.73 Å². The van der Waals surface area contributed by atoms with Gasteiger partial charge in [0.05, 0.1) is 0 Å². The molecule has 1 heterocycles. The molecule has 0 radical (unpaired) electrons. The quantitative estimate of drug-likeness (QED) is 0.515. The number of rotatable bonds is 2. The third kappa shape index (κ3) is 2.44. The van der Waals surface area contributed by atoms with Gasteiger partial charge in [0.1, 0.15) is 0 Å². The highest BCUT2D eigenvalue weighted by Gasteiger charge is 2.23. The van der Waals surface area contributed by atoms with E-state index in [2.05, 4.69) is 4.99 Å². The molecule has 0 amide bonds. The smallest absolute Gasteiger partial charge is 0.363 e. The fourth-order valence-corrected chi connectivity index (χ4v) is 1.92. The second kappa shape index (κ2) is 5.01. The summed E-state index contributed by atoms with van der Waals surface area (Å²) in [7, 11) is 0. The summed E-state index contributed by atoms with van der Waals surface area (Å²) in [6.07, 6.45) is 1.66. The van der Waals surface area contributed by atoms with E-state index in [1.807, 2.05) is 42.5 Å². The van der Waals surface area contributed by atoms with E-state index in [-0.39, 0.29) is 5.70 Å². The van der Waals surface area contributed by atoms with Crippen molar-refractivity contribution in [1.29, 1.82) is 0 Å². The average molecular weight is 264 g/mol. The van der Waals surface area contributed by atoms with Gasteiger partial charge in [0.2, 0.25) is 5.90 Å². The number of nitrogen functional groups attached to an aromatic ring is 1. The zero-order valence-electron chi connectivity index (χ0n) is 10.6. The van der Waals surface area contributed by atoms with Crippen molar-refractivity contribution in [2.24, 2.45) is 4.99 Å². The Morgan fingerprint density at radius 3 is 2.60 bits per heavy atom. The van der Waals surface area contributed by atoms with Crippen LogP contribution in [0.2, 0.25) is 0 Å². The Bertz CT molecular complexity index is 718. The largest absolute Gasteiger partial charge is 0.402 e. The van der Waals surface area contributed by atoms with Crippen LogP contribution in [0.3, 0.4) is 0 Å². The molecule has 0 aliphatic carbocycles. The first-order chi connectivity index (χ1) is 9.72. The van der Waals surface area contributed by atoms with Crippen molar-refractivity contribution >= 4 is 23.6 Å². The first-order valence-electron chi connectivity index (χ1n) is 6.16. The predicted molar refractivity (Wildman–Crippen MR) is 77.9 cm³/mol. The van der Waals surface area contributed by atoms with E-state index < -0.39 is 5.97 Å². The van der Waals surface area contributed by atoms with Crippen LogP contribution in [0.25, 0.3) is 6.08 Å². The van der Waals surface area contributed by atoms with Gasteiger partial charge in [0.15, 0.2) is 5.70 Å². The summed E-state index contributed by atoms with van der Waals surface area (Å²) in [4.78, 5) is 16.0. The van der Waals surface area contributed by atoms with Gasteiger partial charge >= 0.3 is 5.97 Å². The number of ether oxygens (including phenoxy) is 1. The van der Waals surface area contributed by atoms with Crippen LogP contribution in [0, 0.1) is 0 Å². The van der Waals surface area contributed by atoms with Crippen LogP contribution in [-0.2, 0) is 9.53 Å². The van der Waals surface area contributed by atoms with Crippen LogP contribution in [-0.4, -0.2) is 11.9 Å². The van der Waals surface area contributed by atoms with Crippen LogP contribution in [0.1, 0.15) is 11.1 Å². The summed E-state index contributed by atoms with van der Waals surface area (Å²) in [5.74, 6) is -0.128. The van der Waals surface area contributed by atoms with Gasteiger partial charge in [-0.3, -0.25) is 0 Å². The Kier molecular flexibility index (Phi) is 3.05. The van der Waals surface area contributed by atoms with Gasteiger partial charge in [-0.15, -0.1) is 0 Å². The van der Waals surface area contributed by atoms with Crippen molar-refractivity contribution in [3.8, 4) is 0 Å². The number of esters is 1. The van der Waals surface area contributed by atoms with Gasteiger partial charge in [0, 0.05) is 11.3 Å². The Hall–Kier alpha value is -2.88. The molecule has 2 aromatic carbocycles. The van der Waals surface area contributed by atoms with Crippen LogP contribution in [0.15, 0.2) is 65.3 Å². The highest BCUT2D eigenvalue weighted by molar-refractivity contribution is 6.12. The number of nitrogens with two attached hydrogens (primary N) is 1. The van der Waals surface area contributed by atoms with Crippen molar-refractivity contribution in [3.63, 3.8) is 0 Å². The Morgan fingerprint density at radius 2 is 1.85 bits per heavy atom. The lowest BCUT2D eigenvalue weighted by molar-refractivity contribution is -0.129. The molecule has 4 nitrogen and oxygen atoms in total. The van der Waals surface area contributed by atoms with E-state index in [9.17, 15) is 4.79 Å². The first-order valence-corrected chi connectivity index (χ1v) is 6.16. The SMILES string of the molecule is Nc1cccc(/C=C2/N=C(c3ccccc3)OC2=O)c1. The molecule has 20 heavy (non-hydrogen) atoms. The summed E-state index contributed by atoms with van der Waals surface area (Å²) >= 11 is 0. The first kappa shape index (κ1) is 12.2. The van der Waals surface area contributed by atoms with Gasteiger partial charge < -0.3 is 10.5 Å². The number of carbonyl (C=O) groups excluding carboxylic acids is 1. The minimum atomic E-state index is -0.453. The standard InChI is InChI=1S/C16H12N2O2/c17-13-8-4-5-11(9-13)10-14-16(19)20-15(18-14)12-6-2-1-3-7-12/h1-10H,17H2/b14-10+. The minimum absolute atomic E-state index is 0.273. The molecule has 0 spiro atoms. The van der Waals surface area contributed by atoms with E-state index in [1.165, 1.54) is 0 Å². The van der Waals surface area contributed by atoms with E-state index in [4.69, 9.17) is 10.5 Å². The predicted octanol–water partition coefficient (Wildman–Crippen LogP) is 2.61. The third-order valence-electron chi connectivity index (χ3n) is 2.86. The second-order valence-electron chi connectivity index (χ2n) is 4.37. The summed E-state index contributed by atoms with van der Waals surface area (Å²) in [6.45, 7) is 0. The van der Waals surface area contributed by atoms with Gasteiger partial charge in [-0.25, -0.2) is 9.79 Å². The number of carbonyl (C=O) groups is 1. The summed E-state index contributed by atoms with van der Waals surface area (Å²) < 4.78 is 5.17. The lowest BCUT2D eigenvalue weighted by Gasteiger charge is -1.97. The van der Waals surface area contributed by atoms with Crippen molar-refractivity contribution < 1.29 is 9.53 Å². The molecular weight excluding hydrogens is 252 g/mol. The number of hydrogen-bond donors (Lipinski definition) is 1. The highest BCUT2D eigenvalue weighted by Crippen LogP contribution is 2.19. The molecule has 2 N–H and O–H groups in total. The molecule has 0 unspecified atom stereocenters. The van der Waals surface area contributed by atoms with Crippen molar-refractivity contribution in [2.45, 2.75) is 0 Å². The summed E-state index contributed by atoms with van der Waals surface area (Å²) in [6, 6.07) is 16.5. The fraction of sp³-hybridized carbons (Fsp3) is 0. The van der Waals surface area contributed by atoms with Crippen LogP contribution < -0.4 is 5.73 Å². The molecule has 1 aliphatic heterocycles. The van der Waals surface area contributed by atoms with E-state index in [0.717, 1.165) is 11.1 Å². The van der Waals surface area contributed by atoms with E-state index in [1.54, 1.807) is 18.2 Å². The maximum atomic E-state index is 11.8. The molecule has 0 bridgehead atoms. The minimum Gasteiger partial charge on any atom is -0.402 e. The molecule has 1 aliphatic rings. The molecule has 3 rings (SSSR count). The third-order valence-corrected chi connectivity index (χ3v) is 2.86. The molecule has 0 saturated heterocycles. The number of hydrogen-bond acceptors (Lipinski definition) is 4. The number of aliphatic imine (C=N–C) groups is 1. The van der Waals surface area contributed by atoms with Crippen molar-refractivity contribution in [3.05, 3.63) is 71.4 Å². The van der Waals surface area contributed by atoms with Crippen molar-refractivity contribution in [1.82, 2.24) is 0 Å². The number of anilines is 1. The van der Waals surface area contributed by atoms with Crippen LogP contribution >= 0.6 is 0 Å². The lowest BCUT2D eigenvalue weighted by Crippen LogP contribution is -2.04. The summed E-state index contributed by atoms with van der Waals surface area (Å²) in [5, 5.41) is 0. The van der Waals surface area contributed by atoms with E-state index in [0.29, 0.717) is 11.6 Å². The molecule has 0 atom stereocenters. The Balaban J connectivity index is 1.95. The Labute approximate surface area is 116 Å². The Morgan fingerprint density at radius 1 is 1.05 bits per heavy atom. The molecule has 2 aromatic rings. The normalized spacial score (nSPS) is 16.1. The molecule has 4 heteroatoms. The molecule has 0 fully saturated rings. The van der Waals surface area contributed by atoms with Crippen LogP contribution in [0.4, 0.5) is 5.69 Å². The van der Waals surface area contributed by atoms with Gasteiger partial charge in [0.25, 0.3) is 0 Å². The zero-order valence-corrected chi connectivity index (χ0v) is 10.6. The maximum Gasteiger partial charge on any atom is 0.363 e. The topological polar surface area (TPSA) is 64.7 Å². The monoisotopic (exact) mass is 264 g/mol. The molecule has 0 saturated carbocycles. The van der Waals surface area contributed by atoms with E-state index >= 15 is 0 Å². The zero-order chi connectivity index (χ0) is 13.9. The molecule has 98 valence electrons. The van der Waals surface area contributed by atoms with Crippen LogP contribution in [0.5, 0.6) is 0 Å². The maximum absolute atomic E-state index is 11.8. The average Bonchev–Trinajstić information content (AvgIpc) is 2.81. The molecular formula is C16H12N2O2. The molecule has 0 aromatic heterocycles.